The van der Waals surface area contributed by atoms with Gasteiger partial charge in [0, 0.05) is 25.7 Å². The quantitative estimate of drug-likeness (QED) is 0.296. The molecule has 4 heterocycles. The zero-order valence-corrected chi connectivity index (χ0v) is 23.3. The highest BCUT2D eigenvalue weighted by molar-refractivity contribution is 8.26. The predicted octanol–water partition coefficient (Wildman–Crippen LogP) is 1.73. The van der Waals surface area contributed by atoms with Crippen molar-refractivity contribution in [1.82, 2.24) is 9.47 Å². The third-order valence-electron chi connectivity index (χ3n) is 6.98. The Balaban J connectivity index is 1.78. The van der Waals surface area contributed by atoms with Crippen LogP contribution in [0.25, 0.3) is 6.08 Å². The number of nitriles is 1. The summed E-state index contributed by atoms with van der Waals surface area (Å²) in [5, 5.41) is 9.70. The smallest absolute Gasteiger partial charge is 0.310 e. The lowest BCUT2D eigenvalue weighted by molar-refractivity contribution is -0.148. The number of ether oxygens (including phenoxy) is 1. The molecule has 1 amide bonds. The van der Waals surface area contributed by atoms with Crippen molar-refractivity contribution in [3.05, 3.63) is 31.9 Å². The summed E-state index contributed by atoms with van der Waals surface area (Å²) in [6, 6.07) is 1.47. The lowest BCUT2D eigenvalue weighted by atomic mass is 9.96. The van der Waals surface area contributed by atoms with Crippen LogP contribution in [0.4, 0.5) is 5.82 Å². The van der Waals surface area contributed by atoms with Crippen molar-refractivity contribution >= 4 is 61.9 Å². The number of aromatic nitrogens is 1. The highest BCUT2D eigenvalue weighted by atomic mass is 32.2. The van der Waals surface area contributed by atoms with E-state index in [1.807, 2.05) is 11.0 Å². The van der Waals surface area contributed by atoms with Crippen molar-refractivity contribution in [3.63, 3.8) is 0 Å². The summed E-state index contributed by atoms with van der Waals surface area (Å²) in [4.78, 5) is 42.5. The molecule has 3 aliphatic heterocycles. The first-order valence-corrected chi connectivity index (χ1v) is 15.1. The molecule has 2 unspecified atom stereocenters. The molecule has 3 fully saturated rings. The van der Waals surface area contributed by atoms with E-state index in [4.69, 9.17) is 17.0 Å². The molecule has 0 aliphatic carbocycles. The zero-order chi connectivity index (χ0) is 27.1. The summed E-state index contributed by atoms with van der Waals surface area (Å²) in [6.45, 7) is 4.60. The van der Waals surface area contributed by atoms with E-state index in [9.17, 15) is 28.1 Å². The minimum atomic E-state index is -3.22. The number of thioether (sulfide) groups is 1. The average molecular weight is 565 g/mol. The van der Waals surface area contributed by atoms with E-state index in [1.165, 1.54) is 9.47 Å². The third-order valence-corrected chi connectivity index (χ3v) is 10.1. The van der Waals surface area contributed by atoms with Crippen molar-refractivity contribution in [2.75, 3.05) is 36.1 Å². The van der Waals surface area contributed by atoms with Crippen LogP contribution in [0.2, 0.25) is 0 Å². The fraction of sp³-hybridized carbons (Fsp3) is 0.542. The lowest BCUT2D eigenvalue weighted by Gasteiger charge is -2.35. The average Bonchev–Trinajstić information content (AvgIpc) is 3.34. The second kappa shape index (κ2) is 10.6. The highest BCUT2D eigenvalue weighted by Gasteiger charge is 2.42. The SMILES string of the molecule is CCOC(=O)C1CCCN(c2c(/C=C3/SC(=S)N(C4CCS(=O)(=O)C4)C3=O)c(C)c(C#N)c(=O)n2C)C1. The summed E-state index contributed by atoms with van der Waals surface area (Å²) in [5.74, 6) is -0.660. The van der Waals surface area contributed by atoms with Gasteiger partial charge in [-0.05, 0) is 44.7 Å². The number of hydrogen-bond acceptors (Lipinski definition) is 10. The van der Waals surface area contributed by atoms with Crippen LogP contribution in [-0.4, -0.2) is 71.3 Å². The first-order chi connectivity index (χ1) is 17.5. The van der Waals surface area contributed by atoms with Gasteiger partial charge in [0.15, 0.2) is 9.84 Å². The summed E-state index contributed by atoms with van der Waals surface area (Å²) in [5.41, 5.74) is 0.443. The van der Waals surface area contributed by atoms with E-state index in [0.29, 0.717) is 54.2 Å². The van der Waals surface area contributed by atoms with Gasteiger partial charge in [0.2, 0.25) is 0 Å². The van der Waals surface area contributed by atoms with Crippen LogP contribution < -0.4 is 10.5 Å². The minimum Gasteiger partial charge on any atom is -0.466 e. The Labute approximate surface area is 225 Å². The molecule has 0 spiro atoms. The number of piperidine rings is 1. The molecule has 1 aromatic heterocycles. The van der Waals surface area contributed by atoms with Crippen LogP contribution in [0.3, 0.4) is 0 Å². The number of pyridine rings is 1. The second-order valence-electron chi connectivity index (χ2n) is 9.36. The van der Waals surface area contributed by atoms with Crippen molar-refractivity contribution in [2.24, 2.45) is 13.0 Å². The maximum Gasteiger partial charge on any atom is 0.310 e. The van der Waals surface area contributed by atoms with Gasteiger partial charge < -0.3 is 9.64 Å². The van der Waals surface area contributed by atoms with Crippen LogP contribution in [0, 0.1) is 24.2 Å². The van der Waals surface area contributed by atoms with Gasteiger partial charge in [0.1, 0.15) is 21.8 Å². The Morgan fingerprint density at radius 1 is 1.32 bits per heavy atom. The molecule has 3 aliphatic rings. The highest BCUT2D eigenvalue weighted by Crippen LogP contribution is 2.38. The monoisotopic (exact) mass is 564 g/mol. The van der Waals surface area contributed by atoms with E-state index in [0.717, 1.165) is 11.8 Å². The van der Waals surface area contributed by atoms with Crippen LogP contribution in [-0.2, 0) is 31.2 Å². The van der Waals surface area contributed by atoms with Crippen molar-refractivity contribution in [1.29, 1.82) is 5.26 Å². The molecule has 3 saturated heterocycles. The second-order valence-corrected chi connectivity index (χ2v) is 13.3. The maximum atomic E-state index is 13.4. The number of anilines is 1. The molecule has 1 aromatic rings. The van der Waals surface area contributed by atoms with Crippen molar-refractivity contribution < 1.29 is 22.7 Å². The number of thiocarbonyl (C=S) groups is 1. The molecular formula is C24H28N4O6S3. The van der Waals surface area contributed by atoms with Gasteiger partial charge in [-0.1, -0.05) is 24.0 Å². The number of esters is 1. The predicted molar refractivity (Wildman–Crippen MR) is 145 cm³/mol. The van der Waals surface area contributed by atoms with E-state index in [-0.39, 0.29) is 39.9 Å². The number of hydrogen-bond donors (Lipinski definition) is 0. The zero-order valence-electron chi connectivity index (χ0n) is 20.9. The number of rotatable bonds is 5. The van der Waals surface area contributed by atoms with Gasteiger partial charge in [-0.15, -0.1) is 0 Å². The fourth-order valence-electron chi connectivity index (χ4n) is 5.12. The van der Waals surface area contributed by atoms with Crippen LogP contribution in [0.5, 0.6) is 0 Å². The normalized spacial score (nSPS) is 24.5. The molecule has 4 rings (SSSR count). The first kappa shape index (κ1) is 27.3. The van der Waals surface area contributed by atoms with E-state index >= 15 is 0 Å². The van der Waals surface area contributed by atoms with Gasteiger partial charge in [-0.3, -0.25) is 23.9 Å². The molecule has 0 saturated carbocycles. The Morgan fingerprint density at radius 3 is 2.68 bits per heavy atom. The Bertz CT molecular complexity index is 1410. The summed E-state index contributed by atoms with van der Waals surface area (Å²) < 4.78 is 30.9. The number of carbonyl (C=O) groups is 2. The Morgan fingerprint density at radius 2 is 2.05 bits per heavy atom. The van der Waals surface area contributed by atoms with Gasteiger partial charge in [0.05, 0.1) is 35.0 Å². The molecule has 13 heteroatoms. The number of sulfone groups is 1. The molecule has 0 aromatic carbocycles. The molecular weight excluding hydrogens is 536 g/mol. The van der Waals surface area contributed by atoms with Crippen molar-refractivity contribution in [3.8, 4) is 6.07 Å². The fourth-order valence-corrected chi connectivity index (χ4v) is 8.20. The molecule has 0 radical (unpaired) electrons. The molecule has 0 N–H and O–H groups in total. The van der Waals surface area contributed by atoms with Crippen LogP contribution >= 0.6 is 24.0 Å². The van der Waals surface area contributed by atoms with Gasteiger partial charge >= 0.3 is 5.97 Å². The van der Waals surface area contributed by atoms with E-state index in [2.05, 4.69) is 0 Å². The van der Waals surface area contributed by atoms with Crippen LogP contribution in [0.1, 0.15) is 42.9 Å². The van der Waals surface area contributed by atoms with Crippen molar-refractivity contribution in [2.45, 2.75) is 39.2 Å². The number of carbonyl (C=O) groups excluding carboxylic acids is 2. The molecule has 198 valence electrons. The summed E-state index contributed by atoms with van der Waals surface area (Å²) in [6.07, 6.45) is 3.32. The molecule has 2 atom stereocenters. The minimum absolute atomic E-state index is 0.0138. The summed E-state index contributed by atoms with van der Waals surface area (Å²) >= 11 is 6.51. The number of nitrogens with zero attached hydrogens (tertiary/aromatic N) is 4. The number of amides is 1. The molecule has 10 nitrogen and oxygen atoms in total. The van der Waals surface area contributed by atoms with Gasteiger partial charge in [-0.25, -0.2) is 8.42 Å². The third kappa shape index (κ3) is 5.19. The Kier molecular flexibility index (Phi) is 7.83. The molecule has 37 heavy (non-hydrogen) atoms. The molecule has 0 bridgehead atoms. The first-order valence-electron chi connectivity index (χ1n) is 12.0. The van der Waals surface area contributed by atoms with Gasteiger partial charge in [0.25, 0.3) is 11.5 Å². The topological polar surface area (TPSA) is 130 Å². The lowest BCUT2D eigenvalue weighted by Crippen LogP contribution is -2.42. The maximum absolute atomic E-state index is 13.4. The largest absolute Gasteiger partial charge is 0.466 e. The van der Waals surface area contributed by atoms with Crippen LogP contribution in [0.15, 0.2) is 9.70 Å². The Hall–Kier alpha value is -2.69. The van der Waals surface area contributed by atoms with E-state index in [1.54, 1.807) is 27.0 Å². The van der Waals surface area contributed by atoms with Gasteiger partial charge in [-0.2, -0.15) is 5.26 Å². The summed E-state index contributed by atoms with van der Waals surface area (Å²) in [7, 11) is -1.65. The standard InChI is InChI=1S/C24H28N4O6S3/c1-4-34-23(31)15-6-5-8-27(12-15)20-17(14(2)18(11-25)21(29)26(20)3)10-19-22(30)28(24(35)36-19)16-7-9-37(32,33)13-16/h10,15-16H,4-9,12-13H2,1-3H3/b19-10+. The van der Waals surface area contributed by atoms with E-state index < -0.39 is 27.3 Å².